The Morgan fingerprint density at radius 2 is 1.62 bits per heavy atom. The summed E-state index contributed by atoms with van der Waals surface area (Å²) in [5.74, 6) is 0.292. The minimum Gasteiger partial charge on any atom is -0.496 e. The predicted octanol–water partition coefficient (Wildman–Crippen LogP) is 7.03. The molecule has 0 spiro atoms. The van der Waals surface area contributed by atoms with Crippen molar-refractivity contribution in [2.45, 2.75) is 18.6 Å². The van der Waals surface area contributed by atoms with Crippen LogP contribution in [-0.2, 0) is 9.53 Å². The molecule has 0 unspecified atom stereocenters. The number of carbonyl (C=O) groups excluding carboxylic acids is 1. The van der Waals surface area contributed by atoms with E-state index in [0.29, 0.717) is 34.5 Å². The number of hydrazone groups is 1. The average Bonchev–Trinajstić information content (AvgIpc) is 3.46. The second-order valence-electron chi connectivity index (χ2n) is 9.98. The first kappa shape index (κ1) is 27.6. The van der Waals surface area contributed by atoms with Crippen LogP contribution < -0.4 is 10.3 Å². The maximum absolute atomic E-state index is 14.2. The van der Waals surface area contributed by atoms with Crippen molar-refractivity contribution in [1.29, 1.82) is 0 Å². The molecule has 5 aromatic rings. The summed E-state index contributed by atoms with van der Waals surface area (Å²) in [6.07, 6.45) is -0.578. The van der Waals surface area contributed by atoms with E-state index in [4.69, 9.17) is 14.6 Å². The number of pyridine rings is 1. The maximum Gasteiger partial charge on any atom is 0.276 e. The third-order valence-electron chi connectivity index (χ3n) is 7.52. The highest BCUT2D eigenvalue weighted by molar-refractivity contribution is 9.10. The molecule has 42 heavy (non-hydrogen) atoms. The Morgan fingerprint density at radius 3 is 2.33 bits per heavy atom. The summed E-state index contributed by atoms with van der Waals surface area (Å²) in [4.78, 5) is 31.1. The van der Waals surface area contributed by atoms with Gasteiger partial charge in [0.25, 0.3) is 11.5 Å². The van der Waals surface area contributed by atoms with E-state index in [0.717, 1.165) is 26.5 Å². The first-order valence-electron chi connectivity index (χ1n) is 13.5. The van der Waals surface area contributed by atoms with E-state index in [2.05, 4.69) is 20.9 Å². The number of amides is 1. The maximum atomic E-state index is 14.2. The Balaban J connectivity index is 1.57. The summed E-state index contributed by atoms with van der Waals surface area (Å²) in [5.41, 5.74) is 4.50. The number of hydrogen-bond donors (Lipinski definition) is 1. The lowest BCUT2D eigenvalue weighted by Gasteiger charge is -2.27. The van der Waals surface area contributed by atoms with Gasteiger partial charge in [-0.05, 0) is 35.4 Å². The van der Waals surface area contributed by atoms with Crippen LogP contribution in [0.2, 0.25) is 0 Å². The van der Waals surface area contributed by atoms with Gasteiger partial charge in [-0.1, -0.05) is 94.8 Å². The molecule has 1 aliphatic heterocycles. The van der Waals surface area contributed by atoms with Gasteiger partial charge in [-0.15, -0.1) is 0 Å². The van der Waals surface area contributed by atoms with Gasteiger partial charge in [0.1, 0.15) is 5.75 Å². The average molecular weight is 623 g/mol. The molecule has 6 rings (SSSR count). The number of rotatable bonds is 7. The predicted molar refractivity (Wildman–Crippen MR) is 168 cm³/mol. The number of para-hydroxylation sites is 1. The van der Waals surface area contributed by atoms with Crippen molar-refractivity contribution in [3.05, 3.63) is 135 Å². The van der Waals surface area contributed by atoms with Crippen LogP contribution in [0.4, 0.5) is 0 Å². The van der Waals surface area contributed by atoms with Crippen LogP contribution in [-0.4, -0.2) is 35.8 Å². The molecule has 210 valence electrons. The van der Waals surface area contributed by atoms with Crippen molar-refractivity contribution in [2.75, 3.05) is 14.2 Å². The van der Waals surface area contributed by atoms with Crippen LogP contribution in [0.1, 0.15) is 35.3 Å². The van der Waals surface area contributed by atoms with Crippen LogP contribution in [0.15, 0.2) is 117 Å². The Bertz CT molecular complexity index is 1850. The largest absolute Gasteiger partial charge is 0.496 e. The fourth-order valence-electron chi connectivity index (χ4n) is 5.62. The Labute approximate surface area is 251 Å². The number of halogens is 1. The SMILES string of the molecule is COc1ccccc1[C@@H]1CC(c2c(-c3ccccc3)c3cc(Br)ccc3[nH]c2=O)=NN1C(=O)[C@H](OC)c1ccccc1. The summed E-state index contributed by atoms with van der Waals surface area (Å²) in [6.45, 7) is 0. The number of ether oxygens (including phenoxy) is 2. The molecule has 2 heterocycles. The smallest absolute Gasteiger partial charge is 0.276 e. The van der Waals surface area contributed by atoms with E-state index in [9.17, 15) is 9.59 Å². The summed E-state index contributed by atoms with van der Waals surface area (Å²) in [5, 5.41) is 7.21. The van der Waals surface area contributed by atoms with Crippen molar-refractivity contribution in [2.24, 2.45) is 5.10 Å². The van der Waals surface area contributed by atoms with Crippen LogP contribution in [0.3, 0.4) is 0 Å². The third-order valence-corrected chi connectivity index (χ3v) is 8.02. The quantitative estimate of drug-likeness (QED) is 0.211. The first-order valence-corrected chi connectivity index (χ1v) is 14.3. The number of H-pyrrole nitrogens is 1. The van der Waals surface area contributed by atoms with Crippen molar-refractivity contribution < 1.29 is 14.3 Å². The van der Waals surface area contributed by atoms with Gasteiger partial charge < -0.3 is 14.5 Å². The molecule has 0 saturated carbocycles. The third kappa shape index (κ3) is 5.04. The molecule has 0 saturated heterocycles. The van der Waals surface area contributed by atoms with Gasteiger partial charge in [0, 0.05) is 40.0 Å². The lowest BCUT2D eigenvalue weighted by molar-refractivity contribution is -0.144. The van der Waals surface area contributed by atoms with Crippen LogP contribution in [0, 0.1) is 0 Å². The van der Waals surface area contributed by atoms with Crippen molar-refractivity contribution in [3.8, 4) is 16.9 Å². The Morgan fingerprint density at radius 1 is 0.929 bits per heavy atom. The summed E-state index contributed by atoms with van der Waals surface area (Å²) >= 11 is 3.59. The number of hydrogen-bond acceptors (Lipinski definition) is 5. The van der Waals surface area contributed by atoms with Crippen LogP contribution >= 0.6 is 15.9 Å². The molecule has 0 bridgehead atoms. The summed E-state index contributed by atoms with van der Waals surface area (Å²) < 4.78 is 12.3. The molecule has 0 fully saturated rings. The molecule has 1 aliphatic rings. The van der Waals surface area contributed by atoms with E-state index in [1.165, 1.54) is 12.1 Å². The number of benzene rings is 4. The standard InChI is InChI=1S/C34H28BrN3O4/c1-41-29-16-10-9-15-24(29)28-20-27(37-38(28)34(40)32(42-2)22-13-7-4-8-14-22)31-30(21-11-5-3-6-12-21)25-19-23(35)17-18-26(25)36-33(31)39/h3-19,28,32H,20H2,1-2H3,(H,36,39)/t28-,32+/m0/s1. The highest BCUT2D eigenvalue weighted by Crippen LogP contribution is 2.41. The molecule has 0 aliphatic carbocycles. The van der Waals surface area contributed by atoms with Crippen molar-refractivity contribution in [1.82, 2.24) is 9.99 Å². The number of aromatic amines is 1. The lowest BCUT2D eigenvalue weighted by Crippen LogP contribution is -2.32. The molecule has 2 atom stereocenters. The van der Waals surface area contributed by atoms with Crippen molar-refractivity contribution >= 4 is 38.5 Å². The van der Waals surface area contributed by atoms with Gasteiger partial charge in [0.05, 0.1) is 24.4 Å². The van der Waals surface area contributed by atoms with Gasteiger partial charge in [-0.2, -0.15) is 5.10 Å². The van der Waals surface area contributed by atoms with Gasteiger partial charge in [-0.3, -0.25) is 9.59 Å². The van der Waals surface area contributed by atoms with Crippen LogP contribution in [0.5, 0.6) is 5.75 Å². The Kier molecular flexibility index (Phi) is 7.73. The normalized spacial score (nSPS) is 15.5. The molecule has 1 N–H and O–H groups in total. The monoisotopic (exact) mass is 621 g/mol. The van der Waals surface area contributed by atoms with E-state index in [1.54, 1.807) is 7.11 Å². The van der Waals surface area contributed by atoms with Gasteiger partial charge in [-0.25, -0.2) is 5.01 Å². The Hall–Kier alpha value is -4.53. The number of nitrogens with zero attached hydrogens (tertiary/aromatic N) is 2. The number of nitrogens with one attached hydrogen (secondary N) is 1. The fourth-order valence-corrected chi connectivity index (χ4v) is 5.98. The number of methoxy groups -OCH3 is 2. The van der Waals surface area contributed by atoms with E-state index in [1.807, 2.05) is 103 Å². The molecular weight excluding hydrogens is 594 g/mol. The minimum atomic E-state index is -0.883. The second-order valence-corrected chi connectivity index (χ2v) is 10.9. The zero-order chi connectivity index (χ0) is 29.2. The number of carbonyl (C=O) groups is 1. The molecule has 1 aromatic heterocycles. The van der Waals surface area contributed by atoms with Crippen molar-refractivity contribution in [3.63, 3.8) is 0 Å². The lowest BCUT2D eigenvalue weighted by atomic mass is 9.91. The molecule has 8 heteroatoms. The fraction of sp³-hybridized carbons (Fsp3) is 0.147. The molecular formula is C34H28BrN3O4. The number of aromatic nitrogens is 1. The first-order chi connectivity index (χ1) is 20.5. The van der Waals surface area contributed by atoms with E-state index >= 15 is 0 Å². The minimum absolute atomic E-state index is 0.276. The van der Waals surface area contributed by atoms with Gasteiger partial charge in [0.2, 0.25) is 0 Å². The summed E-state index contributed by atoms with van der Waals surface area (Å²) in [6, 6.07) is 31.9. The zero-order valence-electron chi connectivity index (χ0n) is 23.1. The highest BCUT2D eigenvalue weighted by Gasteiger charge is 2.39. The number of fused-ring (bicyclic) bond motifs is 1. The highest BCUT2D eigenvalue weighted by atomic mass is 79.9. The molecule has 4 aromatic carbocycles. The summed E-state index contributed by atoms with van der Waals surface area (Å²) in [7, 11) is 3.11. The second kappa shape index (κ2) is 11.8. The van der Waals surface area contributed by atoms with Gasteiger partial charge in [0.15, 0.2) is 6.10 Å². The van der Waals surface area contributed by atoms with Crippen LogP contribution in [0.25, 0.3) is 22.0 Å². The van der Waals surface area contributed by atoms with Gasteiger partial charge >= 0.3 is 0 Å². The topological polar surface area (TPSA) is 84.0 Å². The molecule has 0 radical (unpaired) electrons. The zero-order valence-corrected chi connectivity index (χ0v) is 24.7. The molecule has 7 nitrogen and oxygen atoms in total. The molecule has 1 amide bonds. The van der Waals surface area contributed by atoms with E-state index in [-0.39, 0.29) is 11.5 Å². The van der Waals surface area contributed by atoms with E-state index < -0.39 is 12.1 Å².